The summed E-state index contributed by atoms with van der Waals surface area (Å²) in [7, 11) is 0. The molecule has 19 heavy (non-hydrogen) atoms. The summed E-state index contributed by atoms with van der Waals surface area (Å²) in [5.41, 5.74) is 8.88. The van der Waals surface area contributed by atoms with Crippen LogP contribution < -0.4 is 5.73 Å². The number of aryl methyl sites for hydroxylation is 2. The Balaban J connectivity index is 2.16. The molecule has 2 rings (SSSR count). The van der Waals surface area contributed by atoms with E-state index in [1.807, 2.05) is 10.7 Å². The van der Waals surface area contributed by atoms with Crippen molar-refractivity contribution in [2.75, 3.05) is 0 Å². The van der Waals surface area contributed by atoms with E-state index >= 15 is 0 Å². The van der Waals surface area contributed by atoms with Gasteiger partial charge in [0.2, 0.25) is 0 Å². The lowest BCUT2D eigenvalue weighted by Crippen LogP contribution is -2.18. The standard InChI is InChI=1S/C15H22N4/c1-3-9-19-15(17-11-18-19)10-14(16)13-8-6-5-7-12(13)4-2/h5-8,11,14H,3-4,9-10,16H2,1-2H3. The molecule has 1 aromatic heterocycles. The Hall–Kier alpha value is -1.68. The van der Waals surface area contributed by atoms with Crippen molar-refractivity contribution in [2.45, 2.75) is 45.7 Å². The highest BCUT2D eigenvalue weighted by Gasteiger charge is 2.14. The van der Waals surface area contributed by atoms with Gasteiger partial charge in [-0.25, -0.2) is 4.98 Å². The lowest BCUT2D eigenvalue weighted by atomic mass is 9.97. The van der Waals surface area contributed by atoms with Gasteiger partial charge < -0.3 is 5.73 Å². The molecular weight excluding hydrogens is 236 g/mol. The van der Waals surface area contributed by atoms with Crippen LogP contribution in [0.15, 0.2) is 30.6 Å². The second-order valence-corrected chi connectivity index (χ2v) is 4.76. The lowest BCUT2D eigenvalue weighted by molar-refractivity contribution is 0.547. The molecule has 102 valence electrons. The molecule has 1 atom stereocenters. The van der Waals surface area contributed by atoms with E-state index in [4.69, 9.17) is 5.73 Å². The first-order valence-electron chi connectivity index (χ1n) is 6.96. The van der Waals surface area contributed by atoms with Crippen LogP contribution in [0.5, 0.6) is 0 Å². The molecule has 0 saturated heterocycles. The predicted octanol–water partition coefficient (Wildman–Crippen LogP) is 2.49. The van der Waals surface area contributed by atoms with Crippen molar-refractivity contribution in [3.8, 4) is 0 Å². The monoisotopic (exact) mass is 258 g/mol. The van der Waals surface area contributed by atoms with Gasteiger partial charge in [-0.2, -0.15) is 5.10 Å². The molecule has 0 fully saturated rings. The van der Waals surface area contributed by atoms with Gasteiger partial charge in [0.05, 0.1) is 0 Å². The van der Waals surface area contributed by atoms with Crippen LogP contribution in [0.1, 0.15) is 43.3 Å². The Kier molecular flexibility index (Phi) is 4.68. The van der Waals surface area contributed by atoms with E-state index in [0.29, 0.717) is 0 Å². The molecular formula is C15H22N4. The van der Waals surface area contributed by atoms with E-state index in [1.165, 1.54) is 11.1 Å². The summed E-state index contributed by atoms with van der Waals surface area (Å²) in [6.45, 7) is 5.19. The number of hydrogen-bond acceptors (Lipinski definition) is 3. The fourth-order valence-corrected chi connectivity index (χ4v) is 2.37. The highest BCUT2D eigenvalue weighted by atomic mass is 15.3. The molecule has 0 aliphatic carbocycles. The molecule has 0 aliphatic rings. The van der Waals surface area contributed by atoms with Gasteiger partial charge in [-0.3, -0.25) is 4.68 Å². The van der Waals surface area contributed by atoms with Gasteiger partial charge in [0.1, 0.15) is 12.2 Å². The summed E-state index contributed by atoms with van der Waals surface area (Å²) in [4.78, 5) is 4.33. The molecule has 2 N–H and O–H groups in total. The van der Waals surface area contributed by atoms with E-state index in [0.717, 1.165) is 31.6 Å². The minimum absolute atomic E-state index is 0.0176. The predicted molar refractivity (Wildman–Crippen MR) is 76.8 cm³/mol. The Labute approximate surface area is 114 Å². The van der Waals surface area contributed by atoms with Crippen LogP contribution in [0.25, 0.3) is 0 Å². The van der Waals surface area contributed by atoms with Crippen LogP contribution in [0.4, 0.5) is 0 Å². The largest absolute Gasteiger partial charge is 0.324 e. The van der Waals surface area contributed by atoms with Crippen molar-refractivity contribution < 1.29 is 0 Å². The molecule has 1 heterocycles. The van der Waals surface area contributed by atoms with Crippen molar-refractivity contribution in [1.29, 1.82) is 0 Å². The third kappa shape index (κ3) is 3.20. The Bertz CT molecular complexity index is 518. The minimum Gasteiger partial charge on any atom is -0.324 e. The van der Waals surface area contributed by atoms with Gasteiger partial charge in [-0.15, -0.1) is 0 Å². The van der Waals surface area contributed by atoms with Crippen LogP contribution in [-0.2, 0) is 19.4 Å². The van der Waals surface area contributed by atoms with Crippen molar-refractivity contribution in [1.82, 2.24) is 14.8 Å². The minimum atomic E-state index is -0.0176. The molecule has 0 bridgehead atoms. The Morgan fingerprint density at radius 1 is 1.26 bits per heavy atom. The van der Waals surface area contributed by atoms with Crippen molar-refractivity contribution >= 4 is 0 Å². The molecule has 1 unspecified atom stereocenters. The molecule has 1 aromatic carbocycles. The first-order chi connectivity index (χ1) is 9.26. The summed E-state index contributed by atoms with van der Waals surface area (Å²) >= 11 is 0. The first-order valence-corrected chi connectivity index (χ1v) is 6.96. The SMILES string of the molecule is CCCn1ncnc1CC(N)c1ccccc1CC. The third-order valence-corrected chi connectivity index (χ3v) is 3.37. The second-order valence-electron chi connectivity index (χ2n) is 4.76. The van der Waals surface area contributed by atoms with Crippen LogP contribution in [0.2, 0.25) is 0 Å². The average Bonchev–Trinajstić information content (AvgIpc) is 2.86. The normalized spacial score (nSPS) is 12.6. The molecule has 0 saturated carbocycles. The van der Waals surface area contributed by atoms with Crippen LogP contribution in [0, 0.1) is 0 Å². The highest BCUT2D eigenvalue weighted by molar-refractivity contribution is 5.30. The van der Waals surface area contributed by atoms with E-state index in [2.05, 4.69) is 42.1 Å². The fraction of sp³-hybridized carbons (Fsp3) is 0.467. The topological polar surface area (TPSA) is 56.7 Å². The van der Waals surface area contributed by atoms with Gasteiger partial charge in [-0.05, 0) is 24.0 Å². The Morgan fingerprint density at radius 3 is 2.79 bits per heavy atom. The van der Waals surface area contributed by atoms with Crippen LogP contribution in [0.3, 0.4) is 0 Å². The molecule has 0 radical (unpaired) electrons. The maximum atomic E-state index is 6.35. The maximum absolute atomic E-state index is 6.35. The van der Waals surface area contributed by atoms with E-state index < -0.39 is 0 Å². The summed E-state index contributed by atoms with van der Waals surface area (Å²) < 4.78 is 1.95. The summed E-state index contributed by atoms with van der Waals surface area (Å²) in [6, 6.07) is 8.35. The zero-order valence-electron chi connectivity index (χ0n) is 11.7. The summed E-state index contributed by atoms with van der Waals surface area (Å²) in [5, 5.41) is 4.25. The molecule has 0 spiro atoms. The van der Waals surface area contributed by atoms with Gasteiger partial charge in [-0.1, -0.05) is 38.1 Å². The number of nitrogens with zero attached hydrogens (tertiary/aromatic N) is 3. The number of hydrogen-bond donors (Lipinski definition) is 1. The van der Waals surface area contributed by atoms with Crippen molar-refractivity contribution in [2.24, 2.45) is 5.73 Å². The molecule has 4 heteroatoms. The van der Waals surface area contributed by atoms with Crippen molar-refractivity contribution in [3.63, 3.8) is 0 Å². The van der Waals surface area contributed by atoms with E-state index in [1.54, 1.807) is 6.33 Å². The number of rotatable bonds is 6. The molecule has 2 aromatic rings. The van der Waals surface area contributed by atoms with Gasteiger partial charge in [0.15, 0.2) is 0 Å². The van der Waals surface area contributed by atoms with Gasteiger partial charge in [0.25, 0.3) is 0 Å². The second kappa shape index (κ2) is 6.48. The summed E-state index contributed by atoms with van der Waals surface area (Å²) in [5.74, 6) is 0.972. The third-order valence-electron chi connectivity index (χ3n) is 3.37. The zero-order valence-corrected chi connectivity index (χ0v) is 11.7. The van der Waals surface area contributed by atoms with Crippen LogP contribution >= 0.6 is 0 Å². The number of nitrogens with two attached hydrogens (primary N) is 1. The van der Waals surface area contributed by atoms with Crippen molar-refractivity contribution in [3.05, 3.63) is 47.5 Å². The van der Waals surface area contributed by atoms with Gasteiger partial charge in [0, 0.05) is 19.0 Å². The fourth-order valence-electron chi connectivity index (χ4n) is 2.37. The molecule has 4 nitrogen and oxygen atoms in total. The average molecular weight is 258 g/mol. The summed E-state index contributed by atoms with van der Waals surface area (Å²) in [6.07, 6.45) is 4.41. The Morgan fingerprint density at radius 2 is 2.05 bits per heavy atom. The van der Waals surface area contributed by atoms with Crippen LogP contribution in [-0.4, -0.2) is 14.8 Å². The smallest absolute Gasteiger partial charge is 0.138 e. The number of benzene rings is 1. The molecule has 0 aliphatic heterocycles. The lowest BCUT2D eigenvalue weighted by Gasteiger charge is -2.15. The van der Waals surface area contributed by atoms with E-state index in [-0.39, 0.29) is 6.04 Å². The molecule has 0 amide bonds. The maximum Gasteiger partial charge on any atom is 0.138 e. The highest BCUT2D eigenvalue weighted by Crippen LogP contribution is 2.19. The zero-order chi connectivity index (χ0) is 13.7. The van der Waals surface area contributed by atoms with Gasteiger partial charge >= 0.3 is 0 Å². The first kappa shape index (κ1) is 13.7. The quantitative estimate of drug-likeness (QED) is 0.866. The van der Waals surface area contributed by atoms with E-state index in [9.17, 15) is 0 Å². The number of aromatic nitrogens is 3.